The van der Waals surface area contributed by atoms with E-state index in [0.29, 0.717) is 0 Å². The Labute approximate surface area is 71.4 Å². The van der Waals surface area contributed by atoms with Crippen molar-refractivity contribution >= 4 is 10.4 Å². The molecule has 68 valence electrons. The normalized spacial score (nSPS) is 9.92. The highest BCUT2D eigenvalue weighted by Crippen LogP contribution is 1.92. The molecule has 1 aromatic rings. The molecule has 2 N–H and O–H groups in total. The zero-order valence-corrected chi connectivity index (χ0v) is 7.38. The lowest BCUT2D eigenvalue weighted by atomic mass is 10.2. The molecule has 0 saturated heterocycles. The Bertz CT molecular complexity index is 301. The molecule has 0 radical (unpaired) electrons. The molecule has 0 aliphatic heterocycles. The lowest BCUT2D eigenvalue weighted by Gasteiger charge is -1.82. The highest BCUT2D eigenvalue weighted by molar-refractivity contribution is 7.83. The quantitative estimate of drug-likeness (QED) is 0.625. The van der Waals surface area contributed by atoms with E-state index in [-0.39, 0.29) is 0 Å². The zero-order valence-electron chi connectivity index (χ0n) is 6.57. The molecule has 0 aliphatic rings. The largest absolute Gasteiger partial charge is 0.369 e. The average molecular weight is 191 g/mol. The fraction of sp³-hybridized carbons (Fsp3) is 0.143. The first kappa shape index (κ1) is 11.1. The minimum atomic E-state index is -4.67. The van der Waals surface area contributed by atoms with E-state index in [1.165, 1.54) is 5.56 Å². The molecule has 1 aromatic carbocycles. The lowest BCUT2D eigenvalue weighted by Crippen LogP contribution is -2.01. The predicted octanol–water partition coefficient (Wildman–Crippen LogP) is 1.15. The van der Waals surface area contributed by atoms with E-state index in [1.54, 1.807) is 0 Å². The SMILES string of the molecule is Cc1ccccc1.NS(=O)(=O)F. The molecule has 0 aromatic heterocycles. The van der Waals surface area contributed by atoms with E-state index in [4.69, 9.17) is 8.42 Å². The summed E-state index contributed by atoms with van der Waals surface area (Å²) in [5.74, 6) is 0. The Hall–Kier alpha value is -0.940. The first-order valence-corrected chi connectivity index (χ1v) is 4.58. The van der Waals surface area contributed by atoms with E-state index in [9.17, 15) is 3.89 Å². The molecule has 0 heterocycles. The Morgan fingerprint density at radius 2 is 1.58 bits per heavy atom. The molecular weight excluding hydrogens is 181 g/mol. The number of hydrogen-bond acceptors (Lipinski definition) is 2. The standard InChI is InChI=1S/C7H8.FH2NO2S/c1-7-5-3-2-4-6-7;1-5(2,3)4/h2-6H,1H3;(H2,2,3,4). The fourth-order valence-electron chi connectivity index (χ4n) is 0.534. The summed E-state index contributed by atoms with van der Waals surface area (Å²) >= 11 is 0. The first-order chi connectivity index (χ1) is 5.39. The molecule has 3 nitrogen and oxygen atoms in total. The minimum Gasteiger partial charge on any atom is -0.202 e. The summed E-state index contributed by atoms with van der Waals surface area (Å²) in [5, 5.41) is 3.66. The second kappa shape index (κ2) is 4.84. The van der Waals surface area contributed by atoms with Gasteiger partial charge in [-0.1, -0.05) is 39.8 Å². The summed E-state index contributed by atoms with van der Waals surface area (Å²) in [5.41, 5.74) is 1.32. The molecule has 0 spiro atoms. The van der Waals surface area contributed by atoms with Gasteiger partial charge < -0.3 is 0 Å². The highest BCUT2D eigenvalue weighted by Gasteiger charge is 1.86. The molecule has 0 fully saturated rings. The third-order valence-electron chi connectivity index (χ3n) is 0.940. The van der Waals surface area contributed by atoms with Crippen molar-refractivity contribution in [2.45, 2.75) is 6.92 Å². The molecule has 0 amide bonds. The van der Waals surface area contributed by atoms with Gasteiger partial charge in [0.1, 0.15) is 0 Å². The Morgan fingerprint density at radius 3 is 1.75 bits per heavy atom. The van der Waals surface area contributed by atoms with Crippen molar-refractivity contribution < 1.29 is 12.3 Å². The highest BCUT2D eigenvalue weighted by atomic mass is 32.3. The number of nitrogens with two attached hydrogens (primary N) is 1. The van der Waals surface area contributed by atoms with E-state index < -0.39 is 10.4 Å². The van der Waals surface area contributed by atoms with Crippen LogP contribution < -0.4 is 5.14 Å². The van der Waals surface area contributed by atoms with Gasteiger partial charge in [-0.15, -0.1) is 0 Å². The average Bonchev–Trinajstić information content (AvgIpc) is 1.85. The van der Waals surface area contributed by atoms with Crippen molar-refractivity contribution in [3.8, 4) is 0 Å². The summed E-state index contributed by atoms with van der Waals surface area (Å²) in [7, 11) is -4.67. The number of aryl methyl sites for hydroxylation is 1. The maximum atomic E-state index is 10.4. The third kappa shape index (κ3) is 11.8. The Kier molecular flexibility index (Phi) is 4.46. The summed E-state index contributed by atoms with van der Waals surface area (Å²) in [6, 6.07) is 10.3. The smallest absolute Gasteiger partial charge is 0.202 e. The van der Waals surface area contributed by atoms with Crippen LogP contribution in [-0.2, 0) is 10.4 Å². The number of benzene rings is 1. The predicted molar refractivity (Wildman–Crippen MR) is 45.4 cm³/mol. The van der Waals surface area contributed by atoms with E-state index in [1.807, 2.05) is 18.2 Å². The van der Waals surface area contributed by atoms with E-state index in [0.717, 1.165) is 0 Å². The maximum Gasteiger partial charge on any atom is 0.369 e. The van der Waals surface area contributed by atoms with Gasteiger partial charge in [-0.3, -0.25) is 0 Å². The van der Waals surface area contributed by atoms with Crippen LogP contribution in [0.2, 0.25) is 0 Å². The monoisotopic (exact) mass is 191 g/mol. The molecule has 0 atom stereocenters. The summed E-state index contributed by atoms with van der Waals surface area (Å²) in [6.07, 6.45) is 0. The number of rotatable bonds is 0. The van der Waals surface area contributed by atoms with Crippen LogP contribution in [0.25, 0.3) is 0 Å². The summed E-state index contributed by atoms with van der Waals surface area (Å²) < 4.78 is 27.9. The number of hydrogen-bond donors (Lipinski definition) is 1. The minimum absolute atomic E-state index is 1.32. The van der Waals surface area contributed by atoms with E-state index >= 15 is 0 Å². The maximum absolute atomic E-state index is 10.4. The van der Waals surface area contributed by atoms with Crippen molar-refractivity contribution in [1.82, 2.24) is 0 Å². The van der Waals surface area contributed by atoms with Gasteiger partial charge in [0, 0.05) is 0 Å². The second-order valence-electron chi connectivity index (χ2n) is 2.13. The van der Waals surface area contributed by atoms with Crippen LogP contribution in [0.4, 0.5) is 3.89 Å². The molecule has 0 unspecified atom stereocenters. The van der Waals surface area contributed by atoms with E-state index in [2.05, 4.69) is 24.2 Å². The second-order valence-corrected chi connectivity index (χ2v) is 3.08. The molecule has 0 aliphatic carbocycles. The summed E-state index contributed by atoms with van der Waals surface area (Å²) in [4.78, 5) is 0. The van der Waals surface area contributed by atoms with Gasteiger partial charge in [-0.25, -0.2) is 5.14 Å². The van der Waals surface area contributed by atoms with Gasteiger partial charge in [0.2, 0.25) is 0 Å². The van der Waals surface area contributed by atoms with Crippen molar-refractivity contribution in [2.24, 2.45) is 5.14 Å². The van der Waals surface area contributed by atoms with Crippen LogP contribution in [0.3, 0.4) is 0 Å². The first-order valence-electron chi connectivity index (χ1n) is 3.13. The topological polar surface area (TPSA) is 60.2 Å². The molecular formula is C7H10FNO2S. The van der Waals surface area contributed by atoms with Gasteiger partial charge in [0.05, 0.1) is 0 Å². The van der Waals surface area contributed by atoms with Gasteiger partial charge in [-0.05, 0) is 6.92 Å². The summed E-state index contributed by atoms with van der Waals surface area (Å²) in [6.45, 7) is 2.08. The van der Waals surface area contributed by atoms with Crippen LogP contribution in [0.5, 0.6) is 0 Å². The van der Waals surface area contributed by atoms with Crippen molar-refractivity contribution in [3.05, 3.63) is 35.9 Å². The fourth-order valence-corrected chi connectivity index (χ4v) is 0.534. The molecule has 12 heavy (non-hydrogen) atoms. The van der Waals surface area contributed by atoms with Gasteiger partial charge in [0.25, 0.3) is 0 Å². The van der Waals surface area contributed by atoms with Crippen LogP contribution in [-0.4, -0.2) is 8.42 Å². The van der Waals surface area contributed by atoms with Crippen molar-refractivity contribution in [2.75, 3.05) is 0 Å². The lowest BCUT2D eigenvalue weighted by molar-refractivity contribution is 0.554. The molecule has 0 bridgehead atoms. The van der Waals surface area contributed by atoms with Crippen molar-refractivity contribution in [1.29, 1.82) is 0 Å². The third-order valence-corrected chi connectivity index (χ3v) is 0.940. The zero-order chi connectivity index (χ0) is 9.61. The molecule has 1 rings (SSSR count). The van der Waals surface area contributed by atoms with Gasteiger partial charge in [0.15, 0.2) is 0 Å². The Morgan fingerprint density at radius 1 is 1.25 bits per heavy atom. The molecule has 5 heteroatoms. The van der Waals surface area contributed by atoms with Crippen LogP contribution in [0, 0.1) is 6.92 Å². The van der Waals surface area contributed by atoms with Gasteiger partial charge >= 0.3 is 10.4 Å². The van der Waals surface area contributed by atoms with Crippen molar-refractivity contribution in [3.63, 3.8) is 0 Å². The van der Waals surface area contributed by atoms with Crippen LogP contribution in [0.15, 0.2) is 30.3 Å². The molecule has 0 saturated carbocycles. The number of halogens is 1. The Balaban J connectivity index is 0.000000217. The van der Waals surface area contributed by atoms with Crippen LogP contribution in [0.1, 0.15) is 5.56 Å². The van der Waals surface area contributed by atoms with Gasteiger partial charge in [-0.2, -0.15) is 8.42 Å². The van der Waals surface area contributed by atoms with Crippen LogP contribution >= 0.6 is 0 Å².